The molecule has 1 aromatic heterocycles. The average Bonchev–Trinajstić information content (AvgIpc) is 2.83. The number of sulfonamides is 1. The lowest BCUT2D eigenvalue weighted by molar-refractivity contribution is 0.173. The molecule has 108 valence electrons. The highest BCUT2D eigenvalue weighted by Gasteiger charge is 2.17. The zero-order valence-corrected chi connectivity index (χ0v) is 12.1. The molecule has 20 heavy (non-hydrogen) atoms. The van der Waals surface area contributed by atoms with Crippen molar-refractivity contribution < 1.29 is 13.5 Å². The molecule has 0 aliphatic carbocycles. The molecule has 0 aliphatic heterocycles. The van der Waals surface area contributed by atoms with E-state index in [1.54, 1.807) is 25.2 Å². The Bertz CT molecular complexity index is 694. The van der Waals surface area contributed by atoms with Crippen LogP contribution in [-0.2, 0) is 17.1 Å². The van der Waals surface area contributed by atoms with Crippen molar-refractivity contribution in [2.75, 3.05) is 4.72 Å². The van der Waals surface area contributed by atoms with E-state index in [1.807, 2.05) is 6.92 Å². The summed E-state index contributed by atoms with van der Waals surface area (Å²) in [6.45, 7) is 1.83. The normalized spacial score (nSPS) is 13.2. The molecule has 1 atom stereocenters. The predicted octanol–water partition coefficient (Wildman–Crippen LogP) is 1.66. The third-order valence-corrected chi connectivity index (χ3v) is 4.35. The molecule has 1 heterocycles. The molecule has 0 bridgehead atoms. The van der Waals surface area contributed by atoms with Crippen LogP contribution < -0.4 is 4.72 Å². The van der Waals surface area contributed by atoms with Gasteiger partial charge in [-0.05, 0) is 24.1 Å². The quantitative estimate of drug-likeness (QED) is 0.878. The molecule has 2 rings (SSSR count). The fourth-order valence-electron chi connectivity index (χ4n) is 1.80. The lowest BCUT2D eigenvalue weighted by atomic mass is 10.1. The van der Waals surface area contributed by atoms with E-state index >= 15 is 0 Å². The third-order valence-electron chi connectivity index (χ3n) is 3.00. The first kappa shape index (κ1) is 14.5. The summed E-state index contributed by atoms with van der Waals surface area (Å²) in [5.41, 5.74) is 0.584. The van der Waals surface area contributed by atoms with Crippen LogP contribution in [0.15, 0.2) is 41.4 Å². The number of nitrogens with one attached hydrogen (secondary N) is 1. The number of anilines is 1. The number of aryl methyl sites for hydroxylation is 1. The molecule has 1 aromatic carbocycles. The number of aliphatic hydroxyl groups excluding tert-OH is 1. The van der Waals surface area contributed by atoms with Gasteiger partial charge in [-0.1, -0.05) is 19.1 Å². The fraction of sp³-hybridized carbons (Fsp3) is 0.308. The highest BCUT2D eigenvalue weighted by atomic mass is 32.2. The van der Waals surface area contributed by atoms with Crippen LogP contribution in [-0.4, -0.2) is 23.3 Å². The first-order valence-corrected chi connectivity index (χ1v) is 7.71. The summed E-state index contributed by atoms with van der Waals surface area (Å²) in [6, 6.07) is 7.86. The molecule has 0 radical (unpaired) electrons. The SMILES string of the molecule is CCC(O)c1cccc(S(=O)(=O)Nc2ccnn2C)c1. The zero-order chi connectivity index (χ0) is 14.8. The van der Waals surface area contributed by atoms with E-state index in [2.05, 4.69) is 9.82 Å². The zero-order valence-electron chi connectivity index (χ0n) is 11.3. The van der Waals surface area contributed by atoms with E-state index < -0.39 is 16.1 Å². The van der Waals surface area contributed by atoms with Gasteiger partial charge < -0.3 is 5.11 Å². The lowest BCUT2D eigenvalue weighted by Crippen LogP contribution is -2.15. The topological polar surface area (TPSA) is 84.2 Å². The first-order valence-electron chi connectivity index (χ1n) is 6.23. The maximum Gasteiger partial charge on any atom is 0.263 e. The first-order chi connectivity index (χ1) is 9.44. The summed E-state index contributed by atoms with van der Waals surface area (Å²) in [5.74, 6) is 0.381. The fourth-order valence-corrected chi connectivity index (χ4v) is 2.94. The minimum atomic E-state index is -3.69. The second-order valence-corrected chi connectivity index (χ2v) is 6.12. The Morgan fingerprint density at radius 3 is 2.75 bits per heavy atom. The van der Waals surface area contributed by atoms with Crippen LogP contribution in [0.2, 0.25) is 0 Å². The number of hydrogen-bond acceptors (Lipinski definition) is 4. The molecule has 2 aromatic rings. The Labute approximate surface area is 118 Å². The molecule has 0 amide bonds. The summed E-state index contributed by atoms with van der Waals surface area (Å²) in [4.78, 5) is 0.115. The molecule has 0 saturated carbocycles. The number of rotatable bonds is 5. The Kier molecular flexibility index (Phi) is 4.10. The number of benzene rings is 1. The molecule has 0 aliphatic rings. The second-order valence-electron chi connectivity index (χ2n) is 4.44. The van der Waals surface area contributed by atoms with Crippen molar-refractivity contribution in [2.24, 2.45) is 7.05 Å². The van der Waals surface area contributed by atoms with Crippen LogP contribution in [0.4, 0.5) is 5.82 Å². The summed E-state index contributed by atoms with van der Waals surface area (Å²) in [7, 11) is -2.04. The molecular formula is C13H17N3O3S. The van der Waals surface area contributed by atoms with Gasteiger partial charge in [-0.25, -0.2) is 8.42 Å². The Morgan fingerprint density at radius 2 is 2.15 bits per heavy atom. The van der Waals surface area contributed by atoms with Crippen LogP contribution >= 0.6 is 0 Å². The minimum Gasteiger partial charge on any atom is -0.388 e. The summed E-state index contributed by atoms with van der Waals surface area (Å²) < 4.78 is 28.5. The van der Waals surface area contributed by atoms with Gasteiger partial charge in [0, 0.05) is 13.1 Å². The molecule has 2 N–H and O–H groups in total. The van der Waals surface area contributed by atoms with Crippen molar-refractivity contribution >= 4 is 15.8 Å². The standard InChI is InChI=1S/C13H17N3O3S/c1-3-12(17)10-5-4-6-11(9-10)20(18,19)15-13-7-8-14-16(13)2/h4-9,12,15,17H,3H2,1-2H3. The average molecular weight is 295 g/mol. The van der Waals surface area contributed by atoms with E-state index in [1.165, 1.54) is 23.0 Å². The number of nitrogens with zero attached hydrogens (tertiary/aromatic N) is 2. The van der Waals surface area contributed by atoms with Crippen LogP contribution in [0.5, 0.6) is 0 Å². The van der Waals surface area contributed by atoms with Gasteiger partial charge in [0.25, 0.3) is 10.0 Å². The highest BCUT2D eigenvalue weighted by Crippen LogP contribution is 2.21. The van der Waals surface area contributed by atoms with Gasteiger partial charge in [-0.3, -0.25) is 9.40 Å². The van der Waals surface area contributed by atoms with Crippen LogP contribution in [0, 0.1) is 0 Å². The Balaban J connectivity index is 2.32. The largest absolute Gasteiger partial charge is 0.388 e. The van der Waals surface area contributed by atoms with Gasteiger partial charge in [0.2, 0.25) is 0 Å². The molecule has 0 spiro atoms. The molecule has 1 unspecified atom stereocenters. The van der Waals surface area contributed by atoms with Crippen LogP contribution in [0.25, 0.3) is 0 Å². The van der Waals surface area contributed by atoms with E-state index in [0.717, 1.165) is 0 Å². The Morgan fingerprint density at radius 1 is 1.40 bits per heavy atom. The summed E-state index contributed by atoms with van der Waals surface area (Å²) >= 11 is 0. The van der Waals surface area contributed by atoms with E-state index in [-0.39, 0.29) is 4.90 Å². The number of aromatic nitrogens is 2. The number of hydrogen-bond donors (Lipinski definition) is 2. The van der Waals surface area contributed by atoms with Crippen LogP contribution in [0.1, 0.15) is 25.0 Å². The molecular weight excluding hydrogens is 278 g/mol. The Hall–Kier alpha value is -1.86. The molecule has 7 heteroatoms. The maximum absolute atomic E-state index is 12.3. The van der Waals surface area contributed by atoms with Gasteiger partial charge in [-0.15, -0.1) is 0 Å². The second kappa shape index (κ2) is 5.64. The van der Waals surface area contributed by atoms with E-state index in [9.17, 15) is 13.5 Å². The van der Waals surface area contributed by atoms with Crippen molar-refractivity contribution in [3.05, 3.63) is 42.1 Å². The van der Waals surface area contributed by atoms with E-state index in [0.29, 0.717) is 17.8 Å². The van der Waals surface area contributed by atoms with E-state index in [4.69, 9.17) is 0 Å². The van der Waals surface area contributed by atoms with Gasteiger partial charge >= 0.3 is 0 Å². The van der Waals surface area contributed by atoms with Crippen molar-refractivity contribution in [1.82, 2.24) is 9.78 Å². The molecule has 0 saturated heterocycles. The smallest absolute Gasteiger partial charge is 0.263 e. The molecule has 0 fully saturated rings. The maximum atomic E-state index is 12.3. The third kappa shape index (κ3) is 3.00. The van der Waals surface area contributed by atoms with Gasteiger partial charge in [0.05, 0.1) is 17.2 Å². The van der Waals surface area contributed by atoms with Gasteiger partial charge in [-0.2, -0.15) is 5.10 Å². The van der Waals surface area contributed by atoms with Crippen molar-refractivity contribution in [1.29, 1.82) is 0 Å². The van der Waals surface area contributed by atoms with Gasteiger partial charge in [0.15, 0.2) is 0 Å². The molecule has 6 nitrogen and oxygen atoms in total. The van der Waals surface area contributed by atoms with Crippen molar-refractivity contribution in [3.8, 4) is 0 Å². The summed E-state index contributed by atoms with van der Waals surface area (Å²) in [6.07, 6.45) is 1.37. The summed E-state index contributed by atoms with van der Waals surface area (Å²) in [5, 5.41) is 13.7. The predicted molar refractivity (Wildman–Crippen MR) is 75.7 cm³/mol. The highest BCUT2D eigenvalue weighted by molar-refractivity contribution is 7.92. The van der Waals surface area contributed by atoms with Crippen molar-refractivity contribution in [3.63, 3.8) is 0 Å². The van der Waals surface area contributed by atoms with Crippen LogP contribution in [0.3, 0.4) is 0 Å². The number of aliphatic hydroxyl groups is 1. The van der Waals surface area contributed by atoms with Gasteiger partial charge in [0.1, 0.15) is 5.82 Å². The minimum absolute atomic E-state index is 0.115. The van der Waals surface area contributed by atoms with Crippen molar-refractivity contribution in [2.45, 2.75) is 24.3 Å². The lowest BCUT2D eigenvalue weighted by Gasteiger charge is -2.11. The monoisotopic (exact) mass is 295 g/mol.